The summed E-state index contributed by atoms with van der Waals surface area (Å²) < 4.78 is 0. The fraction of sp³-hybridized carbons (Fsp3) is 0.0882. The summed E-state index contributed by atoms with van der Waals surface area (Å²) in [5, 5.41) is 4.64. The smallest absolute Gasteiger partial charge is 0.171 e. The van der Waals surface area contributed by atoms with Crippen molar-refractivity contribution < 1.29 is 0 Å². The van der Waals surface area contributed by atoms with Gasteiger partial charge in [-0.1, -0.05) is 114 Å². The SMILES string of the molecule is Cc1ccc(N=C2N(c3ccc(C)cc3)N(c3ccccc3)C2(c2ccccc2)c2ccccc2)cc1. The minimum Gasteiger partial charge on any atom is -0.257 e. The molecule has 0 aromatic heterocycles. The topological polar surface area (TPSA) is 18.8 Å². The monoisotopic (exact) mass is 479 g/mol. The van der Waals surface area contributed by atoms with E-state index < -0.39 is 5.54 Å². The minimum atomic E-state index is -0.625. The number of hydrogen-bond donors (Lipinski definition) is 0. The van der Waals surface area contributed by atoms with Gasteiger partial charge in [0.1, 0.15) is 0 Å². The zero-order valence-corrected chi connectivity index (χ0v) is 21.1. The molecule has 5 aromatic rings. The highest BCUT2D eigenvalue weighted by Crippen LogP contribution is 2.52. The summed E-state index contributed by atoms with van der Waals surface area (Å²) in [6.45, 7) is 4.22. The average molecular weight is 480 g/mol. The number of rotatable bonds is 5. The Hall–Kier alpha value is -4.63. The average Bonchev–Trinajstić information content (AvgIpc) is 2.95. The Balaban J connectivity index is 1.69. The van der Waals surface area contributed by atoms with Crippen LogP contribution in [0.25, 0.3) is 0 Å². The van der Waals surface area contributed by atoms with Crippen LogP contribution >= 0.6 is 0 Å². The highest BCUT2D eigenvalue weighted by atomic mass is 15.8. The summed E-state index contributed by atoms with van der Waals surface area (Å²) in [5.74, 6) is 0.960. The minimum absolute atomic E-state index is 0.625. The van der Waals surface area contributed by atoms with Gasteiger partial charge < -0.3 is 0 Å². The highest BCUT2D eigenvalue weighted by molar-refractivity contribution is 6.19. The lowest BCUT2D eigenvalue weighted by atomic mass is 9.76. The van der Waals surface area contributed by atoms with Crippen LogP contribution in [0.2, 0.25) is 0 Å². The van der Waals surface area contributed by atoms with Gasteiger partial charge in [-0.3, -0.25) is 5.01 Å². The molecular weight excluding hydrogens is 450 g/mol. The molecular formula is C34H29N3. The lowest BCUT2D eigenvalue weighted by Gasteiger charge is -2.62. The largest absolute Gasteiger partial charge is 0.257 e. The first-order chi connectivity index (χ1) is 18.2. The van der Waals surface area contributed by atoms with Crippen LogP contribution in [0.1, 0.15) is 22.3 Å². The van der Waals surface area contributed by atoms with Crippen molar-refractivity contribution in [3.8, 4) is 0 Å². The van der Waals surface area contributed by atoms with E-state index in [1.807, 2.05) is 0 Å². The van der Waals surface area contributed by atoms with Gasteiger partial charge in [-0.25, -0.2) is 10.0 Å². The number of hydrogen-bond acceptors (Lipinski definition) is 2. The third-order valence-corrected chi connectivity index (χ3v) is 6.97. The Kier molecular flexibility index (Phi) is 5.82. The second-order valence-electron chi connectivity index (χ2n) is 9.51. The quantitative estimate of drug-likeness (QED) is 0.253. The fourth-order valence-corrected chi connectivity index (χ4v) is 5.15. The van der Waals surface area contributed by atoms with Crippen LogP contribution in [0.4, 0.5) is 17.1 Å². The Morgan fingerprint density at radius 3 is 1.46 bits per heavy atom. The molecule has 0 radical (unpaired) electrons. The predicted octanol–water partition coefficient (Wildman–Crippen LogP) is 8.22. The maximum atomic E-state index is 5.37. The van der Waals surface area contributed by atoms with Crippen LogP contribution in [0.3, 0.4) is 0 Å². The normalized spacial score (nSPS) is 15.5. The van der Waals surface area contributed by atoms with Crippen molar-refractivity contribution in [2.24, 2.45) is 4.99 Å². The summed E-state index contributed by atoms with van der Waals surface area (Å²) in [6.07, 6.45) is 0. The molecule has 0 N–H and O–H groups in total. The Bertz CT molecular complexity index is 1470. The van der Waals surface area contributed by atoms with Gasteiger partial charge >= 0.3 is 0 Å². The second kappa shape index (κ2) is 9.44. The third kappa shape index (κ3) is 3.89. The number of amidine groups is 1. The molecule has 1 aliphatic heterocycles. The van der Waals surface area contributed by atoms with E-state index in [0.717, 1.165) is 22.9 Å². The molecule has 0 saturated carbocycles. The van der Waals surface area contributed by atoms with Crippen molar-refractivity contribution in [1.82, 2.24) is 0 Å². The van der Waals surface area contributed by atoms with Gasteiger partial charge in [-0.2, -0.15) is 0 Å². The number of aliphatic imine (C=N–C) groups is 1. The maximum absolute atomic E-state index is 5.37. The van der Waals surface area contributed by atoms with Crippen LogP contribution in [0, 0.1) is 13.8 Å². The maximum Gasteiger partial charge on any atom is 0.171 e. The summed E-state index contributed by atoms with van der Waals surface area (Å²) in [4.78, 5) is 5.37. The molecule has 0 unspecified atom stereocenters. The first-order valence-corrected chi connectivity index (χ1v) is 12.7. The zero-order valence-electron chi connectivity index (χ0n) is 21.1. The van der Waals surface area contributed by atoms with Crippen LogP contribution in [0.15, 0.2) is 145 Å². The van der Waals surface area contributed by atoms with Crippen molar-refractivity contribution >= 4 is 22.9 Å². The molecule has 3 heteroatoms. The number of benzene rings is 5. The van der Waals surface area contributed by atoms with Crippen molar-refractivity contribution in [2.75, 3.05) is 10.0 Å². The standard InChI is InChI=1S/C34H29N3/c1-26-18-22-30(23-19-26)35-33-34(28-12-6-3-7-13-28,29-14-8-4-9-15-29)37(32-16-10-5-11-17-32)36(33)31-24-20-27(2)21-25-31/h3-25H,1-2H3. The van der Waals surface area contributed by atoms with Gasteiger partial charge in [-0.15, -0.1) is 0 Å². The summed E-state index contributed by atoms with van der Waals surface area (Å²) in [6, 6.07) is 49.1. The second-order valence-corrected chi connectivity index (χ2v) is 9.51. The van der Waals surface area contributed by atoms with Gasteiger partial charge in [0.05, 0.1) is 17.1 Å². The molecule has 0 amide bonds. The highest BCUT2D eigenvalue weighted by Gasteiger charge is 2.60. The van der Waals surface area contributed by atoms with E-state index >= 15 is 0 Å². The molecule has 3 nitrogen and oxygen atoms in total. The molecule has 5 aromatic carbocycles. The van der Waals surface area contributed by atoms with E-state index in [4.69, 9.17) is 4.99 Å². The van der Waals surface area contributed by atoms with Gasteiger partial charge in [0.25, 0.3) is 0 Å². The molecule has 37 heavy (non-hydrogen) atoms. The fourth-order valence-electron chi connectivity index (χ4n) is 5.15. The molecule has 0 spiro atoms. The number of hydrazine groups is 1. The number of anilines is 2. The summed E-state index contributed by atoms with van der Waals surface area (Å²) in [7, 11) is 0. The molecule has 1 heterocycles. The number of para-hydroxylation sites is 1. The number of nitrogens with zero attached hydrogens (tertiary/aromatic N) is 3. The zero-order chi connectivity index (χ0) is 25.2. The van der Waals surface area contributed by atoms with Crippen LogP contribution in [-0.2, 0) is 5.54 Å². The van der Waals surface area contributed by atoms with E-state index in [2.05, 4.69) is 163 Å². The lowest BCUT2D eigenvalue weighted by molar-refractivity contribution is 0.535. The first kappa shape index (κ1) is 22.8. The van der Waals surface area contributed by atoms with Crippen molar-refractivity contribution in [3.63, 3.8) is 0 Å². The van der Waals surface area contributed by atoms with Gasteiger partial charge in [0, 0.05) is 0 Å². The van der Waals surface area contributed by atoms with Gasteiger partial charge in [0.2, 0.25) is 0 Å². The lowest BCUT2D eigenvalue weighted by Crippen LogP contribution is -2.77. The molecule has 180 valence electrons. The summed E-state index contributed by atoms with van der Waals surface area (Å²) >= 11 is 0. The molecule has 1 aliphatic rings. The van der Waals surface area contributed by atoms with E-state index in [-0.39, 0.29) is 0 Å². The van der Waals surface area contributed by atoms with E-state index in [9.17, 15) is 0 Å². The molecule has 0 bridgehead atoms. The predicted molar refractivity (Wildman–Crippen MR) is 155 cm³/mol. The molecule has 1 saturated heterocycles. The van der Waals surface area contributed by atoms with Crippen molar-refractivity contribution in [3.05, 3.63) is 162 Å². The Morgan fingerprint density at radius 2 is 0.946 bits per heavy atom. The van der Waals surface area contributed by atoms with Gasteiger partial charge in [0.15, 0.2) is 11.4 Å². The molecule has 6 rings (SSSR count). The Labute approximate surface area is 218 Å². The molecule has 0 atom stereocenters. The molecule has 1 fully saturated rings. The van der Waals surface area contributed by atoms with E-state index in [1.165, 1.54) is 22.3 Å². The van der Waals surface area contributed by atoms with Crippen molar-refractivity contribution in [1.29, 1.82) is 0 Å². The summed E-state index contributed by atoms with van der Waals surface area (Å²) in [5.41, 5.74) is 7.25. The van der Waals surface area contributed by atoms with Crippen LogP contribution in [-0.4, -0.2) is 5.84 Å². The van der Waals surface area contributed by atoms with E-state index in [1.54, 1.807) is 0 Å². The van der Waals surface area contributed by atoms with Crippen LogP contribution in [0.5, 0.6) is 0 Å². The van der Waals surface area contributed by atoms with Gasteiger partial charge in [-0.05, 0) is 61.4 Å². The Morgan fingerprint density at radius 1 is 0.486 bits per heavy atom. The number of aryl methyl sites for hydroxylation is 2. The first-order valence-electron chi connectivity index (χ1n) is 12.7. The van der Waals surface area contributed by atoms with Crippen LogP contribution < -0.4 is 10.0 Å². The van der Waals surface area contributed by atoms with Crippen molar-refractivity contribution in [2.45, 2.75) is 19.4 Å². The third-order valence-electron chi connectivity index (χ3n) is 6.97. The molecule has 0 aliphatic carbocycles. The van der Waals surface area contributed by atoms with E-state index in [0.29, 0.717) is 0 Å².